The first-order chi connectivity index (χ1) is 21.1. The number of halogens is 7. The average Bonchev–Trinajstić information content (AvgIpc) is 3.00. The SMILES string of the molecule is CCCCCC1COC(C2CCC(c3ccc(C(F)(F)Oc4ccc(-c5cc(F)c(F)c(F)c5)c(F)c4)c(F)c3)CC2)OC1. The van der Waals surface area contributed by atoms with Crippen LogP contribution in [-0.2, 0) is 15.6 Å². The molecule has 44 heavy (non-hydrogen) atoms. The Morgan fingerprint density at radius 3 is 2.07 bits per heavy atom. The fraction of sp³-hybridized carbons (Fsp3) is 0.471. The maximum Gasteiger partial charge on any atom is 0.429 e. The van der Waals surface area contributed by atoms with Crippen molar-refractivity contribution in [3.63, 3.8) is 0 Å². The van der Waals surface area contributed by atoms with Crippen molar-refractivity contribution in [1.82, 2.24) is 0 Å². The van der Waals surface area contributed by atoms with E-state index in [0.717, 1.165) is 56.4 Å². The molecule has 1 heterocycles. The van der Waals surface area contributed by atoms with Gasteiger partial charge in [0.1, 0.15) is 17.4 Å². The lowest BCUT2D eigenvalue weighted by Gasteiger charge is -2.37. The monoisotopic (exact) mass is 624 g/mol. The Kier molecular flexibility index (Phi) is 10.2. The van der Waals surface area contributed by atoms with Gasteiger partial charge in [0.25, 0.3) is 0 Å². The van der Waals surface area contributed by atoms with Crippen molar-refractivity contribution >= 4 is 0 Å². The Labute approximate surface area is 252 Å². The van der Waals surface area contributed by atoms with Gasteiger partial charge in [-0.05, 0) is 85.5 Å². The lowest BCUT2D eigenvalue weighted by Crippen LogP contribution is -2.38. The van der Waals surface area contributed by atoms with E-state index < -0.39 is 46.5 Å². The molecule has 5 rings (SSSR count). The molecule has 0 bridgehead atoms. The van der Waals surface area contributed by atoms with E-state index in [9.17, 15) is 17.6 Å². The summed E-state index contributed by atoms with van der Waals surface area (Å²) in [6.45, 7) is 3.57. The molecule has 3 aromatic rings. The first-order valence-corrected chi connectivity index (χ1v) is 15.1. The van der Waals surface area contributed by atoms with Crippen molar-refractivity contribution in [1.29, 1.82) is 0 Å². The van der Waals surface area contributed by atoms with Crippen LogP contribution in [0.3, 0.4) is 0 Å². The summed E-state index contributed by atoms with van der Waals surface area (Å²) in [5.74, 6) is -7.06. The van der Waals surface area contributed by atoms with Crippen LogP contribution in [0.2, 0.25) is 0 Å². The van der Waals surface area contributed by atoms with Gasteiger partial charge >= 0.3 is 6.11 Å². The second-order valence-corrected chi connectivity index (χ2v) is 11.8. The minimum Gasteiger partial charge on any atom is -0.429 e. The highest BCUT2D eigenvalue weighted by atomic mass is 19.3. The van der Waals surface area contributed by atoms with Gasteiger partial charge in [0.15, 0.2) is 23.7 Å². The van der Waals surface area contributed by atoms with Crippen molar-refractivity contribution in [2.24, 2.45) is 11.8 Å². The summed E-state index contributed by atoms with van der Waals surface area (Å²) >= 11 is 0. The van der Waals surface area contributed by atoms with Crippen LogP contribution in [0, 0.1) is 40.9 Å². The molecule has 3 nitrogen and oxygen atoms in total. The number of benzene rings is 3. The van der Waals surface area contributed by atoms with Gasteiger partial charge in [-0.15, -0.1) is 0 Å². The Balaban J connectivity index is 1.18. The average molecular weight is 625 g/mol. The zero-order valence-electron chi connectivity index (χ0n) is 24.4. The van der Waals surface area contributed by atoms with Gasteiger partial charge < -0.3 is 14.2 Å². The third kappa shape index (κ3) is 7.40. The van der Waals surface area contributed by atoms with Crippen LogP contribution in [-0.4, -0.2) is 19.5 Å². The molecular weight excluding hydrogens is 589 g/mol. The van der Waals surface area contributed by atoms with Crippen molar-refractivity contribution in [3.05, 3.63) is 88.7 Å². The zero-order chi connectivity index (χ0) is 31.4. The molecule has 0 radical (unpaired) electrons. The quantitative estimate of drug-likeness (QED) is 0.128. The van der Waals surface area contributed by atoms with Crippen LogP contribution in [0.25, 0.3) is 11.1 Å². The van der Waals surface area contributed by atoms with E-state index in [1.165, 1.54) is 25.3 Å². The van der Waals surface area contributed by atoms with E-state index in [1.54, 1.807) is 0 Å². The number of hydrogen-bond acceptors (Lipinski definition) is 3. The van der Waals surface area contributed by atoms with Gasteiger partial charge in [-0.25, -0.2) is 22.0 Å². The fourth-order valence-electron chi connectivity index (χ4n) is 6.13. The van der Waals surface area contributed by atoms with Gasteiger partial charge in [-0.3, -0.25) is 0 Å². The molecule has 1 aliphatic heterocycles. The third-order valence-corrected chi connectivity index (χ3v) is 8.62. The molecule has 1 aliphatic carbocycles. The van der Waals surface area contributed by atoms with E-state index >= 15 is 13.2 Å². The van der Waals surface area contributed by atoms with Gasteiger partial charge in [-0.1, -0.05) is 32.3 Å². The van der Waals surface area contributed by atoms with Crippen LogP contribution in [0.4, 0.5) is 30.7 Å². The smallest absolute Gasteiger partial charge is 0.429 e. The molecule has 10 heteroatoms. The summed E-state index contributed by atoms with van der Waals surface area (Å²) in [6, 6.07) is 7.16. The number of rotatable bonds is 10. The van der Waals surface area contributed by atoms with Crippen LogP contribution in [0.1, 0.15) is 75.3 Å². The predicted octanol–water partition coefficient (Wildman–Crippen LogP) is 10.0. The first-order valence-electron chi connectivity index (χ1n) is 15.1. The molecule has 0 N–H and O–H groups in total. The van der Waals surface area contributed by atoms with Crippen LogP contribution in [0.15, 0.2) is 48.5 Å². The van der Waals surface area contributed by atoms with Gasteiger partial charge in [0, 0.05) is 23.5 Å². The highest BCUT2D eigenvalue weighted by Gasteiger charge is 2.39. The largest absolute Gasteiger partial charge is 0.429 e. The van der Waals surface area contributed by atoms with Crippen molar-refractivity contribution in [2.75, 3.05) is 13.2 Å². The minimum atomic E-state index is -4.15. The number of unbranched alkanes of at least 4 members (excludes halogenated alkanes) is 2. The van der Waals surface area contributed by atoms with Gasteiger partial charge in [0.05, 0.1) is 18.8 Å². The zero-order valence-corrected chi connectivity index (χ0v) is 24.4. The van der Waals surface area contributed by atoms with Gasteiger partial charge in [0.2, 0.25) is 0 Å². The molecule has 1 saturated carbocycles. The second-order valence-electron chi connectivity index (χ2n) is 11.8. The lowest BCUT2D eigenvalue weighted by molar-refractivity contribution is -0.229. The van der Waals surface area contributed by atoms with E-state index in [2.05, 4.69) is 11.7 Å². The fourth-order valence-corrected chi connectivity index (χ4v) is 6.13. The molecule has 3 aromatic carbocycles. The van der Waals surface area contributed by atoms with Gasteiger partial charge in [-0.2, -0.15) is 8.78 Å². The Morgan fingerprint density at radius 1 is 0.773 bits per heavy atom. The molecular formula is C34H35F7O3. The third-order valence-electron chi connectivity index (χ3n) is 8.62. The summed E-state index contributed by atoms with van der Waals surface area (Å²) in [5.41, 5.74) is -1.11. The standard InChI is InChI=1S/C34H35F7O3/c1-2-3-4-5-20-18-42-33(43-19-20)22-8-6-21(7-9-22)23-10-13-27(29(36)14-23)34(40,41)44-25-11-12-26(28(35)17-25)24-15-30(37)32(39)31(38)16-24/h10-17,20-22,33H,2-9,18-19H2,1H3. The maximum absolute atomic E-state index is 15.0. The Bertz CT molecular complexity index is 1410. The highest BCUT2D eigenvalue weighted by Crippen LogP contribution is 2.41. The van der Waals surface area contributed by atoms with Crippen LogP contribution in [0.5, 0.6) is 5.75 Å². The molecule has 0 unspecified atom stereocenters. The molecule has 2 fully saturated rings. The molecule has 0 spiro atoms. The molecule has 0 aromatic heterocycles. The molecule has 0 atom stereocenters. The van der Waals surface area contributed by atoms with E-state index in [-0.39, 0.29) is 29.3 Å². The summed E-state index contributed by atoms with van der Waals surface area (Å²) in [7, 11) is 0. The van der Waals surface area contributed by atoms with E-state index in [1.807, 2.05) is 0 Å². The van der Waals surface area contributed by atoms with E-state index in [0.29, 0.717) is 42.9 Å². The number of alkyl halides is 2. The van der Waals surface area contributed by atoms with Crippen molar-refractivity contribution in [3.8, 4) is 16.9 Å². The maximum atomic E-state index is 15.0. The minimum absolute atomic E-state index is 0.00232. The highest BCUT2D eigenvalue weighted by molar-refractivity contribution is 5.65. The first kappa shape index (κ1) is 32.3. The summed E-state index contributed by atoms with van der Waals surface area (Å²) in [4.78, 5) is 0. The molecule has 1 saturated heterocycles. The molecule has 0 amide bonds. The van der Waals surface area contributed by atoms with Crippen molar-refractivity contribution < 1.29 is 44.9 Å². The molecule has 2 aliphatic rings. The van der Waals surface area contributed by atoms with Crippen LogP contribution < -0.4 is 4.74 Å². The Hall–Kier alpha value is -3.11. The van der Waals surface area contributed by atoms with E-state index in [4.69, 9.17) is 9.47 Å². The number of ether oxygens (including phenoxy) is 3. The summed E-state index contributed by atoms with van der Waals surface area (Å²) in [6.07, 6.45) is 3.39. The molecule has 238 valence electrons. The normalized spacial score (nSPS) is 22.6. The van der Waals surface area contributed by atoms with Crippen LogP contribution >= 0.6 is 0 Å². The second kappa shape index (κ2) is 13.9. The predicted molar refractivity (Wildman–Crippen MR) is 151 cm³/mol. The summed E-state index contributed by atoms with van der Waals surface area (Å²) in [5, 5.41) is 0. The lowest BCUT2D eigenvalue weighted by atomic mass is 9.78. The Morgan fingerprint density at radius 2 is 1.45 bits per heavy atom. The summed E-state index contributed by atoms with van der Waals surface area (Å²) < 4.78 is 117. The number of hydrogen-bond donors (Lipinski definition) is 0. The van der Waals surface area contributed by atoms with Crippen molar-refractivity contribution in [2.45, 2.75) is 76.6 Å². The topological polar surface area (TPSA) is 27.7 Å².